The monoisotopic (exact) mass is 373 g/mol. The average Bonchev–Trinajstić information content (AvgIpc) is 2.66. The first kappa shape index (κ1) is 21.1. The van der Waals surface area contributed by atoms with Gasteiger partial charge in [0.25, 0.3) is 0 Å². The van der Waals surface area contributed by atoms with Gasteiger partial charge in [-0.3, -0.25) is 0 Å². The van der Waals surface area contributed by atoms with Crippen molar-refractivity contribution in [1.29, 1.82) is 0 Å². The van der Waals surface area contributed by atoms with Gasteiger partial charge in [0.2, 0.25) is 0 Å². The molecule has 1 unspecified atom stereocenters. The SMILES string of the molecule is CCOc1cccc(OCC(O)CNC(C)(C)Cc2ccc(OC)cc2)c1. The van der Waals surface area contributed by atoms with E-state index >= 15 is 0 Å². The zero-order chi connectivity index (χ0) is 19.7. The van der Waals surface area contributed by atoms with Crippen LogP contribution in [0.5, 0.6) is 17.2 Å². The molecule has 0 amide bonds. The topological polar surface area (TPSA) is 60.0 Å². The normalized spacial score (nSPS) is 12.5. The van der Waals surface area contributed by atoms with Crippen LogP contribution in [-0.2, 0) is 6.42 Å². The molecule has 0 saturated heterocycles. The van der Waals surface area contributed by atoms with Crippen LogP contribution >= 0.6 is 0 Å². The number of hydrogen-bond acceptors (Lipinski definition) is 5. The molecule has 0 spiro atoms. The summed E-state index contributed by atoms with van der Waals surface area (Å²) in [7, 11) is 1.66. The van der Waals surface area contributed by atoms with Crippen LogP contribution in [0.15, 0.2) is 48.5 Å². The van der Waals surface area contributed by atoms with E-state index in [1.54, 1.807) is 7.11 Å². The molecule has 0 fully saturated rings. The highest BCUT2D eigenvalue weighted by atomic mass is 16.5. The third-order valence-electron chi connectivity index (χ3n) is 4.18. The molecule has 0 heterocycles. The maximum atomic E-state index is 10.2. The molecule has 5 nitrogen and oxygen atoms in total. The number of aliphatic hydroxyl groups excluding tert-OH is 1. The van der Waals surface area contributed by atoms with E-state index in [-0.39, 0.29) is 12.1 Å². The molecule has 0 aliphatic carbocycles. The summed E-state index contributed by atoms with van der Waals surface area (Å²) < 4.78 is 16.3. The van der Waals surface area contributed by atoms with Crippen LogP contribution in [0.1, 0.15) is 26.3 Å². The van der Waals surface area contributed by atoms with Gasteiger partial charge in [-0.05, 0) is 57.0 Å². The Balaban J connectivity index is 1.77. The number of methoxy groups -OCH3 is 1. The fourth-order valence-electron chi connectivity index (χ4n) is 2.78. The van der Waals surface area contributed by atoms with Crippen molar-refractivity contribution < 1.29 is 19.3 Å². The van der Waals surface area contributed by atoms with E-state index < -0.39 is 6.10 Å². The van der Waals surface area contributed by atoms with E-state index in [0.717, 1.165) is 17.9 Å². The molecule has 148 valence electrons. The summed E-state index contributed by atoms with van der Waals surface area (Å²) in [5.74, 6) is 2.31. The smallest absolute Gasteiger partial charge is 0.123 e. The van der Waals surface area contributed by atoms with E-state index in [1.807, 2.05) is 43.3 Å². The van der Waals surface area contributed by atoms with Gasteiger partial charge in [0.1, 0.15) is 30.0 Å². The van der Waals surface area contributed by atoms with Crippen LogP contribution in [0, 0.1) is 0 Å². The van der Waals surface area contributed by atoms with E-state index in [4.69, 9.17) is 14.2 Å². The Morgan fingerprint density at radius 2 is 1.67 bits per heavy atom. The minimum absolute atomic E-state index is 0.148. The second-order valence-electron chi connectivity index (χ2n) is 7.16. The average molecular weight is 373 g/mol. The predicted octanol–water partition coefficient (Wildman–Crippen LogP) is 3.44. The van der Waals surface area contributed by atoms with Crippen LogP contribution in [0.2, 0.25) is 0 Å². The molecule has 0 saturated carbocycles. The van der Waals surface area contributed by atoms with Crippen molar-refractivity contribution in [1.82, 2.24) is 5.32 Å². The highest BCUT2D eigenvalue weighted by Crippen LogP contribution is 2.20. The summed E-state index contributed by atoms with van der Waals surface area (Å²) in [6, 6.07) is 15.5. The molecule has 0 aliphatic rings. The first-order valence-corrected chi connectivity index (χ1v) is 9.33. The molecule has 27 heavy (non-hydrogen) atoms. The first-order chi connectivity index (χ1) is 12.9. The van der Waals surface area contributed by atoms with E-state index in [9.17, 15) is 5.11 Å². The summed E-state index contributed by atoms with van der Waals surface area (Å²) in [6.45, 7) is 7.47. The van der Waals surface area contributed by atoms with Gasteiger partial charge in [0, 0.05) is 18.2 Å². The van der Waals surface area contributed by atoms with Crippen LogP contribution in [0.4, 0.5) is 0 Å². The van der Waals surface area contributed by atoms with E-state index in [0.29, 0.717) is 18.9 Å². The minimum atomic E-state index is -0.601. The lowest BCUT2D eigenvalue weighted by atomic mass is 9.94. The third-order valence-corrected chi connectivity index (χ3v) is 4.18. The lowest BCUT2D eigenvalue weighted by Crippen LogP contribution is -2.46. The number of ether oxygens (including phenoxy) is 3. The zero-order valence-corrected chi connectivity index (χ0v) is 16.7. The molecule has 2 aromatic rings. The van der Waals surface area contributed by atoms with Crippen molar-refractivity contribution in [3.63, 3.8) is 0 Å². The molecule has 0 aromatic heterocycles. The predicted molar refractivity (Wildman–Crippen MR) is 108 cm³/mol. The number of aliphatic hydroxyl groups is 1. The summed E-state index contributed by atoms with van der Waals surface area (Å²) in [4.78, 5) is 0. The lowest BCUT2D eigenvalue weighted by molar-refractivity contribution is 0.0987. The fraction of sp³-hybridized carbons (Fsp3) is 0.455. The van der Waals surface area contributed by atoms with E-state index in [1.165, 1.54) is 5.56 Å². The number of β-amino-alcohol motifs (C(OH)–C–C–N with tert-alkyl or cyclic N) is 1. The fourth-order valence-corrected chi connectivity index (χ4v) is 2.78. The Morgan fingerprint density at radius 3 is 2.30 bits per heavy atom. The molecular formula is C22H31NO4. The van der Waals surface area contributed by atoms with Crippen LogP contribution in [0.3, 0.4) is 0 Å². The van der Waals surface area contributed by atoms with Gasteiger partial charge in [-0.1, -0.05) is 18.2 Å². The zero-order valence-electron chi connectivity index (χ0n) is 16.7. The molecule has 0 bridgehead atoms. The molecule has 0 aliphatic heterocycles. The third kappa shape index (κ3) is 7.49. The maximum absolute atomic E-state index is 10.2. The Morgan fingerprint density at radius 1 is 1.00 bits per heavy atom. The largest absolute Gasteiger partial charge is 0.497 e. The number of nitrogens with one attached hydrogen (secondary N) is 1. The lowest BCUT2D eigenvalue weighted by Gasteiger charge is -2.28. The van der Waals surface area contributed by atoms with Crippen molar-refractivity contribution in [2.75, 3.05) is 26.9 Å². The van der Waals surface area contributed by atoms with Gasteiger partial charge < -0.3 is 24.6 Å². The maximum Gasteiger partial charge on any atom is 0.123 e. The highest BCUT2D eigenvalue weighted by molar-refractivity contribution is 5.33. The van der Waals surface area contributed by atoms with Crippen molar-refractivity contribution in [3.05, 3.63) is 54.1 Å². The first-order valence-electron chi connectivity index (χ1n) is 9.33. The Kier molecular flexibility index (Phi) is 7.95. The van der Waals surface area contributed by atoms with Gasteiger partial charge >= 0.3 is 0 Å². The second-order valence-corrected chi connectivity index (χ2v) is 7.16. The Labute approximate surface area is 162 Å². The highest BCUT2D eigenvalue weighted by Gasteiger charge is 2.19. The molecule has 2 aromatic carbocycles. The molecule has 1 atom stereocenters. The quantitative estimate of drug-likeness (QED) is 0.632. The van der Waals surface area contributed by atoms with E-state index in [2.05, 4.69) is 31.3 Å². The number of rotatable bonds is 11. The van der Waals surface area contributed by atoms with Gasteiger partial charge in [-0.2, -0.15) is 0 Å². The van der Waals surface area contributed by atoms with Crippen LogP contribution in [-0.4, -0.2) is 43.6 Å². The van der Waals surface area contributed by atoms with Crippen LogP contribution < -0.4 is 19.5 Å². The van der Waals surface area contributed by atoms with Gasteiger partial charge in [0.15, 0.2) is 0 Å². The van der Waals surface area contributed by atoms with Gasteiger partial charge in [-0.15, -0.1) is 0 Å². The molecule has 0 radical (unpaired) electrons. The van der Waals surface area contributed by atoms with Crippen LogP contribution in [0.25, 0.3) is 0 Å². The summed E-state index contributed by atoms with van der Waals surface area (Å²) >= 11 is 0. The van der Waals surface area contributed by atoms with Gasteiger partial charge in [-0.25, -0.2) is 0 Å². The second kappa shape index (κ2) is 10.2. The van der Waals surface area contributed by atoms with Crippen molar-refractivity contribution in [2.45, 2.75) is 38.8 Å². The number of hydrogen-bond donors (Lipinski definition) is 2. The van der Waals surface area contributed by atoms with Crippen molar-refractivity contribution in [2.24, 2.45) is 0 Å². The van der Waals surface area contributed by atoms with Gasteiger partial charge in [0.05, 0.1) is 13.7 Å². The minimum Gasteiger partial charge on any atom is -0.497 e. The summed E-state index contributed by atoms with van der Waals surface area (Å²) in [5.41, 5.74) is 1.07. The molecule has 2 rings (SSSR count). The summed E-state index contributed by atoms with van der Waals surface area (Å²) in [6.07, 6.45) is 0.247. The molecule has 2 N–H and O–H groups in total. The Hall–Kier alpha value is -2.24. The Bertz CT molecular complexity index is 685. The standard InChI is InChI=1S/C22H31NO4/c1-5-26-20-7-6-8-21(13-20)27-16-18(24)15-23-22(2,3)14-17-9-11-19(25-4)12-10-17/h6-13,18,23-24H,5,14-16H2,1-4H3. The number of benzene rings is 2. The van der Waals surface area contributed by atoms with Crippen molar-refractivity contribution >= 4 is 0 Å². The van der Waals surface area contributed by atoms with Crippen molar-refractivity contribution in [3.8, 4) is 17.2 Å². The molecular weight excluding hydrogens is 342 g/mol. The summed E-state index contributed by atoms with van der Waals surface area (Å²) in [5, 5.41) is 13.7. The molecule has 5 heteroatoms.